The Kier molecular flexibility index (Phi) is 4.73. The second-order valence-electron chi connectivity index (χ2n) is 8.70. The highest BCUT2D eigenvalue weighted by molar-refractivity contribution is 6.19. The second-order valence-corrected chi connectivity index (χ2v) is 8.70. The highest BCUT2D eigenvalue weighted by atomic mass is 16.2. The summed E-state index contributed by atoms with van der Waals surface area (Å²) in [5.74, 6) is -3.15. The Labute approximate surface area is 184 Å². The zero-order chi connectivity index (χ0) is 22.6. The minimum atomic E-state index is -0.558. The van der Waals surface area contributed by atoms with E-state index in [1.54, 1.807) is 24.3 Å². The van der Waals surface area contributed by atoms with E-state index >= 15 is 0 Å². The number of rotatable bonds is 3. The molecule has 4 atom stereocenters. The summed E-state index contributed by atoms with van der Waals surface area (Å²) in [6, 6.07) is 14.4. The van der Waals surface area contributed by atoms with E-state index in [4.69, 9.17) is 0 Å². The Hall–Kier alpha value is -3.68. The van der Waals surface area contributed by atoms with Crippen LogP contribution in [0.1, 0.15) is 18.4 Å². The number of hydrogen-bond acceptors (Lipinski definition) is 6. The molecule has 3 aliphatic rings. The number of hydrogen-bond donors (Lipinski definition) is 0. The molecule has 2 heterocycles. The third kappa shape index (κ3) is 3.14. The van der Waals surface area contributed by atoms with Crippen molar-refractivity contribution in [3.05, 3.63) is 54.1 Å². The zero-order valence-electron chi connectivity index (χ0n) is 17.8. The molecular weight excluding hydrogens is 408 g/mol. The van der Waals surface area contributed by atoms with Crippen molar-refractivity contribution in [2.75, 3.05) is 11.9 Å². The van der Waals surface area contributed by atoms with Gasteiger partial charge in [-0.15, -0.1) is 0 Å². The van der Waals surface area contributed by atoms with Crippen LogP contribution in [0.2, 0.25) is 0 Å². The molecule has 2 aromatic rings. The number of carbonyl (C=O) groups excluding carboxylic acids is 4. The predicted molar refractivity (Wildman–Crippen MR) is 115 cm³/mol. The molecular formula is C24H22N4O4. The molecule has 4 amide bonds. The summed E-state index contributed by atoms with van der Waals surface area (Å²) in [6.07, 6.45) is 0.398. The van der Waals surface area contributed by atoms with Crippen LogP contribution in [0.5, 0.6) is 0 Å². The quantitative estimate of drug-likeness (QED) is 0.549. The molecule has 0 radical (unpaired) electrons. The van der Waals surface area contributed by atoms with Crippen LogP contribution in [0.15, 0.2) is 58.8 Å². The molecule has 4 unspecified atom stereocenters. The van der Waals surface area contributed by atoms with Crippen molar-refractivity contribution in [2.45, 2.75) is 19.8 Å². The number of amides is 4. The van der Waals surface area contributed by atoms with Crippen molar-refractivity contribution in [3.63, 3.8) is 0 Å². The number of anilines is 1. The van der Waals surface area contributed by atoms with Crippen LogP contribution in [0.3, 0.4) is 0 Å². The maximum Gasteiger partial charge on any atom is 0.237 e. The number of nitrogens with zero attached hydrogens (tertiary/aromatic N) is 4. The third-order valence-corrected chi connectivity index (χ3v) is 6.80. The van der Waals surface area contributed by atoms with Crippen molar-refractivity contribution >= 4 is 40.7 Å². The Bertz CT molecular complexity index is 1160. The molecule has 2 saturated heterocycles. The SMILES string of the molecule is Cc1ccc(N=Nc2ccc(N3C(=O)CC4C(CC5C(=O)N(C)C(=O)C54)C3=O)cc2)cc1. The molecule has 2 aliphatic heterocycles. The maximum atomic E-state index is 13.2. The summed E-state index contributed by atoms with van der Waals surface area (Å²) in [5, 5.41) is 8.40. The van der Waals surface area contributed by atoms with Crippen LogP contribution in [0.4, 0.5) is 17.1 Å². The van der Waals surface area contributed by atoms with Crippen LogP contribution in [0, 0.1) is 30.6 Å². The van der Waals surface area contributed by atoms with Gasteiger partial charge in [0.15, 0.2) is 0 Å². The summed E-state index contributed by atoms with van der Waals surface area (Å²) in [7, 11) is 1.47. The molecule has 8 heteroatoms. The zero-order valence-corrected chi connectivity index (χ0v) is 17.8. The van der Waals surface area contributed by atoms with Crippen LogP contribution < -0.4 is 4.90 Å². The normalized spacial score (nSPS) is 27.4. The molecule has 1 aliphatic carbocycles. The molecule has 0 bridgehead atoms. The molecule has 2 aromatic carbocycles. The number of piperidine rings is 1. The van der Waals surface area contributed by atoms with E-state index in [1.807, 2.05) is 31.2 Å². The molecule has 8 nitrogen and oxygen atoms in total. The average molecular weight is 430 g/mol. The number of imide groups is 2. The predicted octanol–water partition coefficient (Wildman–Crippen LogP) is 3.54. The smallest absolute Gasteiger partial charge is 0.237 e. The molecule has 162 valence electrons. The lowest BCUT2D eigenvalue weighted by Gasteiger charge is -2.34. The standard InChI is InChI=1S/C24H22N4O4/c1-13-3-5-14(6-4-13)25-26-15-7-9-16(10-8-15)28-20(29)12-17-18(23(28)31)11-19-21(17)24(32)27(2)22(19)30/h3-10,17-19,21H,11-12H2,1-2H3. The second kappa shape index (κ2) is 7.47. The first-order valence-electron chi connectivity index (χ1n) is 10.6. The number of azo groups is 1. The van der Waals surface area contributed by atoms with Gasteiger partial charge in [-0.3, -0.25) is 29.0 Å². The first-order chi connectivity index (χ1) is 15.3. The minimum absolute atomic E-state index is 0.0827. The highest BCUT2D eigenvalue weighted by Gasteiger charge is 2.61. The van der Waals surface area contributed by atoms with Crippen LogP contribution in [0.25, 0.3) is 0 Å². The van der Waals surface area contributed by atoms with Gasteiger partial charge in [0.05, 0.1) is 28.9 Å². The van der Waals surface area contributed by atoms with E-state index in [9.17, 15) is 19.2 Å². The lowest BCUT2D eigenvalue weighted by molar-refractivity contribution is -0.140. The molecule has 0 spiro atoms. The van der Waals surface area contributed by atoms with Gasteiger partial charge in [-0.2, -0.15) is 10.2 Å². The van der Waals surface area contributed by atoms with E-state index in [1.165, 1.54) is 11.9 Å². The van der Waals surface area contributed by atoms with Gasteiger partial charge in [0.1, 0.15) is 0 Å². The van der Waals surface area contributed by atoms with Crippen molar-refractivity contribution in [1.82, 2.24) is 4.90 Å². The van der Waals surface area contributed by atoms with E-state index in [-0.39, 0.29) is 30.0 Å². The Morgan fingerprint density at radius 1 is 0.781 bits per heavy atom. The number of aryl methyl sites for hydroxylation is 1. The molecule has 3 fully saturated rings. The van der Waals surface area contributed by atoms with Crippen molar-refractivity contribution in [3.8, 4) is 0 Å². The van der Waals surface area contributed by atoms with E-state index in [2.05, 4.69) is 10.2 Å². The molecule has 1 saturated carbocycles. The minimum Gasteiger partial charge on any atom is -0.285 e. The first kappa shape index (κ1) is 20.2. The Morgan fingerprint density at radius 3 is 2.00 bits per heavy atom. The lowest BCUT2D eigenvalue weighted by Crippen LogP contribution is -2.49. The van der Waals surface area contributed by atoms with Crippen molar-refractivity contribution < 1.29 is 19.2 Å². The number of carbonyl (C=O) groups is 4. The molecule has 5 rings (SSSR count). The van der Waals surface area contributed by atoms with Crippen LogP contribution in [-0.2, 0) is 19.2 Å². The summed E-state index contributed by atoms with van der Waals surface area (Å²) in [5.41, 5.74) is 2.92. The van der Waals surface area contributed by atoms with Gasteiger partial charge in [-0.25, -0.2) is 0 Å². The monoisotopic (exact) mass is 430 g/mol. The maximum absolute atomic E-state index is 13.2. The number of likely N-dealkylation sites (tertiary alicyclic amines) is 1. The van der Waals surface area contributed by atoms with Gasteiger partial charge in [0, 0.05) is 19.4 Å². The van der Waals surface area contributed by atoms with E-state index in [0.29, 0.717) is 17.8 Å². The van der Waals surface area contributed by atoms with Crippen LogP contribution >= 0.6 is 0 Å². The number of benzene rings is 2. The van der Waals surface area contributed by atoms with Gasteiger partial charge in [-0.05, 0) is 55.7 Å². The fourth-order valence-corrected chi connectivity index (χ4v) is 5.14. The van der Waals surface area contributed by atoms with Gasteiger partial charge < -0.3 is 0 Å². The van der Waals surface area contributed by atoms with Crippen molar-refractivity contribution in [1.29, 1.82) is 0 Å². The molecule has 0 N–H and O–H groups in total. The third-order valence-electron chi connectivity index (χ3n) is 6.80. The van der Waals surface area contributed by atoms with Crippen LogP contribution in [-0.4, -0.2) is 35.6 Å². The highest BCUT2D eigenvalue weighted by Crippen LogP contribution is 2.51. The first-order valence-corrected chi connectivity index (χ1v) is 10.6. The summed E-state index contributed by atoms with van der Waals surface area (Å²) >= 11 is 0. The molecule has 0 aromatic heterocycles. The lowest BCUT2D eigenvalue weighted by atomic mass is 9.81. The summed E-state index contributed by atoms with van der Waals surface area (Å²) in [4.78, 5) is 53.3. The van der Waals surface area contributed by atoms with Gasteiger partial charge >= 0.3 is 0 Å². The topological polar surface area (TPSA) is 99.5 Å². The van der Waals surface area contributed by atoms with Crippen molar-refractivity contribution in [2.24, 2.45) is 33.9 Å². The number of fused-ring (bicyclic) bond motifs is 3. The van der Waals surface area contributed by atoms with E-state index < -0.39 is 23.7 Å². The summed E-state index contributed by atoms with van der Waals surface area (Å²) in [6.45, 7) is 2.00. The fraction of sp³-hybridized carbons (Fsp3) is 0.333. The Balaban J connectivity index is 1.34. The largest absolute Gasteiger partial charge is 0.285 e. The Morgan fingerprint density at radius 2 is 1.38 bits per heavy atom. The van der Waals surface area contributed by atoms with E-state index in [0.717, 1.165) is 16.2 Å². The molecule has 32 heavy (non-hydrogen) atoms. The van der Waals surface area contributed by atoms with Gasteiger partial charge in [0.2, 0.25) is 23.6 Å². The average Bonchev–Trinajstić information content (AvgIpc) is 3.26. The summed E-state index contributed by atoms with van der Waals surface area (Å²) < 4.78 is 0. The van der Waals surface area contributed by atoms with Gasteiger partial charge in [0.25, 0.3) is 0 Å². The van der Waals surface area contributed by atoms with Gasteiger partial charge in [-0.1, -0.05) is 17.7 Å². The fourth-order valence-electron chi connectivity index (χ4n) is 5.14.